The third-order valence-electron chi connectivity index (χ3n) is 2.99. The molecule has 0 bridgehead atoms. The second-order valence-electron chi connectivity index (χ2n) is 5.02. The molecular formula is C11H25N3. The number of hydrogen-bond donors (Lipinski definition) is 1. The van der Waals surface area contributed by atoms with Crippen molar-refractivity contribution in [1.82, 2.24) is 9.80 Å². The van der Waals surface area contributed by atoms with Gasteiger partial charge in [0.15, 0.2) is 0 Å². The SMILES string of the molecule is CN(C)CCCN(C)CC1CC(N)C1. The smallest absolute Gasteiger partial charge is 0.00450 e. The van der Waals surface area contributed by atoms with Crippen molar-refractivity contribution in [3.8, 4) is 0 Å². The Hall–Kier alpha value is -0.120. The van der Waals surface area contributed by atoms with E-state index in [4.69, 9.17) is 5.73 Å². The van der Waals surface area contributed by atoms with Gasteiger partial charge in [0, 0.05) is 12.6 Å². The molecule has 0 radical (unpaired) electrons. The van der Waals surface area contributed by atoms with Crippen molar-refractivity contribution in [1.29, 1.82) is 0 Å². The number of nitrogens with zero attached hydrogens (tertiary/aromatic N) is 2. The second-order valence-corrected chi connectivity index (χ2v) is 5.02. The Morgan fingerprint density at radius 3 is 2.29 bits per heavy atom. The van der Waals surface area contributed by atoms with Gasteiger partial charge in [-0.25, -0.2) is 0 Å². The van der Waals surface area contributed by atoms with E-state index >= 15 is 0 Å². The van der Waals surface area contributed by atoms with Crippen molar-refractivity contribution in [2.75, 3.05) is 40.8 Å². The maximum absolute atomic E-state index is 5.76. The fraction of sp³-hybridized carbons (Fsp3) is 1.00. The van der Waals surface area contributed by atoms with Gasteiger partial charge in [-0.3, -0.25) is 0 Å². The molecule has 2 N–H and O–H groups in total. The van der Waals surface area contributed by atoms with Gasteiger partial charge in [0.1, 0.15) is 0 Å². The average molecular weight is 199 g/mol. The van der Waals surface area contributed by atoms with E-state index in [9.17, 15) is 0 Å². The first-order chi connectivity index (χ1) is 6.58. The first-order valence-corrected chi connectivity index (χ1v) is 5.66. The number of hydrogen-bond acceptors (Lipinski definition) is 3. The van der Waals surface area contributed by atoms with Crippen molar-refractivity contribution in [2.45, 2.75) is 25.3 Å². The summed E-state index contributed by atoms with van der Waals surface area (Å²) < 4.78 is 0. The van der Waals surface area contributed by atoms with Gasteiger partial charge in [0.2, 0.25) is 0 Å². The van der Waals surface area contributed by atoms with Gasteiger partial charge in [-0.05, 0) is 59.4 Å². The van der Waals surface area contributed by atoms with Gasteiger partial charge in [0.25, 0.3) is 0 Å². The summed E-state index contributed by atoms with van der Waals surface area (Å²) in [6, 6.07) is 0.496. The van der Waals surface area contributed by atoms with Crippen LogP contribution in [0.1, 0.15) is 19.3 Å². The molecule has 0 spiro atoms. The maximum atomic E-state index is 5.76. The quantitative estimate of drug-likeness (QED) is 0.680. The third kappa shape index (κ3) is 4.40. The van der Waals surface area contributed by atoms with Crippen LogP contribution in [0, 0.1) is 5.92 Å². The molecule has 0 aromatic carbocycles. The summed E-state index contributed by atoms with van der Waals surface area (Å²) in [5, 5.41) is 0. The molecule has 1 fully saturated rings. The molecular weight excluding hydrogens is 174 g/mol. The monoisotopic (exact) mass is 199 g/mol. The van der Waals surface area contributed by atoms with Gasteiger partial charge in [0.05, 0.1) is 0 Å². The van der Waals surface area contributed by atoms with Crippen LogP contribution < -0.4 is 5.73 Å². The van der Waals surface area contributed by atoms with Crippen molar-refractivity contribution in [2.24, 2.45) is 11.7 Å². The van der Waals surface area contributed by atoms with Crippen molar-refractivity contribution >= 4 is 0 Å². The standard InChI is InChI=1S/C11H25N3/c1-13(2)5-4-6-14(3)9-10-7-11(12)8-10/h10-11H,4-9,12H2,1-3H3. The Bertz CT molecular complexity index is 153. The molecule has 1 rings (SSSR count). The summed E-state index contributed by atoms with van der Waals surface area (Å²) in [5.41, 5.74) is 5.76. The molecule has 0 aromatic heterocycles. The normalized spacial score (nSPS) is 27.0. The zero-order valence-corrected chi connectivity index (χ0v) is 9.87. The van der Waals surface area contributed by atoms with Crippen LogP contribution >= 0.6 is 0 Å². The van der Waals surface area contributed by atoms with E-state index < -0.39 is 0 Å². The minimum Gasteiger partial charge on any atom is -0.328 e. The van der Waals surface area contributed by atoms with Crippen LogP contribution in [0.4, 0.5) is 0 Å². The van der Waals surface area contributed by atoms with E-state index in [1.54, 1.807) is 0 Å². The lowest BCUT2D eigenvalue weighted by atomic mass is 9.80. The van der Waals surface area contributed by atoms with E-state index in [1.807, 2.05) is 0 Å². The molecule has 3 nitrogen and oxygen atoms in total. The first kappa shape index (κ1) is 12.0. The molecule has 0 aliphatic heterocycles. The first-order valence-electron chi connectivity index (χ1n) is 5.66. The van der Waals surface area contributed by atoms with E-state index in [-0.39, 0.29) is 0 Å². The molecule has 1 aliphatic rings. The lowest BCUT2D eigenvalue weighted by Gasteiger charge is -2.35. The molecule has 84 valence electrons. The minimum atomic E-state index is 0.496. The predicted octanol–water partition coefficient (Wildman–Crippen LogP) is 0.607. The van der Waals surface area contributed by atoms with Gasteiger partial charge in [-0.2, -0.15) is 0 Å². The van der Waals surface area contributed by atoms with E-state index in [1.165, 1.54) is 38.9 Å². The highest BCUT2D eigenvalue weighted by Crippen LogP contribution is 2.25. The van der Waals surface area contributed by atoms with Crippen LogP contribution in [-0.2, 0) is 0 Å². The van der Waals surface area contributed by atoms with Crippen LogP contribution in [0.2, 0.25) is 0 Å². The van der Waals surface area contributed by atoms with Gasteiger partial charge in [-0.1, -0.05) is 0 Å². The van der Waals surface area contributed by atoms with Crippen LogP contribution in [0.15, 0.2) is 0 Å². The van der Waals surface area contributed by atoms with Crippen LogP contribution in [0.3, 0.4) is 0 Å². The third-order valence-corrected chi connectivity index (χ3v) is 2.99. The molecule has 1 aliphatic carbocycles. The average Bonchev–Trinajstić information content (AvgIpc) is 2.00. The summed E-state index contributed by atoms with van der Waals surface area (Å²) in [6.07, 6.45) is 3.73. The Morgan fingerprint density at radius 1 is 1.14 bits per heavy atom. The fourth-order valence-electron chi connectivity index (χ4n) is 2.13. The summed E-state index contributed by atoms with van der Waals surface area (Å²) in [7, 11) is 6.48. The van der Waals surface area contributed by atoms with E-state index in [0.717, 1.165) is 5.92 Å². The molecule has 14 heavy (non-hydrogen) atoms. The van der Waals surface area contributed by atoms with Crippen molar-refractivity contribution < 1.29 is 0 Å². The molecule has 0 aromatic rings. The van der Waals surface area contributed by atoms with Gasteiger partial charge < -0.3 is 15.5 Å². The molecule has 0 unspecified atom stereocenters. The summed E-state index contributed by atoms with van der Waals surface area (Å²) >= 11 is 0. The van der Waals surface area contributed by atoms with Crippen molar-refractivity contribution in [3.63, 3.8) is 0 Å². The van der Waals surface area contributed by atoms with E-state index in [2.05, 4.69) is 30.9 Å². The molecule has 0 atom stereocenters. The highest BCUT2D eigenvalue weighted by atomic mass is 15.1. The van der Waals surface area contributed by atoms with Crippen LogP contribution in [0.5, 0.6) is 0 Å². The number of nitrogens with two attached hydrogens (primary N) is 1. The predicted molar refractivity (Wildman–Crippen MR) is 61.4 cm³/mol. The lowest BCUT2D eigenvalue weighted by Crippen LogP contribution is -2.42. The topological polar surface area (TPSA) is 32.5 Å². The zero-order valence-electron chi connectivity index (χ0n) is 9.87. The zero-order chi connectivity index (χ0) is 10.6. The summed E-state index contributed by atoms with van der Waals surface area (Å²) in [5.74, 6) is 0.870. The highest BCUT2D eigenvalue weighted by molar-refractivity contribution is 4.83. The highest BCUT2D eigenvalue weighted by Gasteiger charge is 2.26. The minimum absolute atomic E-state index is 0.496. The lowest BCUT2D eigenvalue weighted by molar-refractivity contribution is 0.178. The van der Waals surface area contributed by atoms with Gasteiger partial charge >= 0.3 is 0 Å². The molecule has 0 amide bonds. The van der Waals surface area contributed by atoms with Crippen LogP contribution in [0.25, 0.3) is 0 Å². The van der Waals surface area contributed by atoms with Crippen molar-refractivity contribution in [3.05, 3.63) is 0 Å². The van der Waals surface area contributed by atoms with E-state index in [0.29, 0.717) is 6.04 Å². The Morgan fingerprint density at radius 2 is 1.79 bits per heavy atom. The van der Waals surface area contributed by atoms with Crippen LogP contribution in [-0.4, -0.2) is 56.6 Å². The second kappa shape index (κ2) is 5.69. The maximum Gasteiger partial charge on any atom is 0.00450 e. The molecule has 0 heterocycles. The van der Waals surface area contributed by atoms with Gasteiger partial charge in [-0.15, -0.1) is 0 Å². The molecule has 3 heteroatoms. The Balaban J connectivity index is 1.96. The molecule has 0 saturated heterocycles. The molecule has 1 saturated carbocycles. The Labute approximate surface area is 88.2 Å². The fourth-order valence-corrected chi connectivity index (χ4v) is 2.13. The summed E-state index contributed by atoms with van der Waals surface area (Å²) in [6.45, 7) is 3.64. The summed E-state index contributed by atoms with van der Waals surface area (Å²) in [4.78, 5) is 4.69. The number of rotatable bonds is 6. The Kier molecular flexibility index (Phi) is 4.85. The largest absolute Gasteiger partial charge is 0.328 e.